The number of likely N-dealkylation sites (tertiary alicyclic amines) is 1. The second kappa shape index (κ2) is 6.67. The molecular weight excluding hydrogens is 210 g/mol. The third kappa shape index (κ3) is 3.76. The maximum absolute atomic E-state index is 4.36. The van der Waals surface area contributed by atoms with Crippen LogP contribution in [-0.4, -0.2) is 37.5 Å². The molecule has 0 aromatic heterocycles. The topological polar surface area (TPSA) is 27.6 Å². The van der Waals surface area contributed by atoms with Crippen molar-refractivity contribution in [2.45, 2.75) is 44.9 Å². The lowest BCUT2D eigenvalue weighted by molar-refractivity contribution is 0.493. The van der Waals surface area contributed by atoms with Gasteiger partial charge >= 0.3 is 0 Å². The first-order valence-corrected chi connectivity index (χ1v) is 7.03. The molecule has 1 N–H and O–H groups in total. The summed E-state index contributed by atoms with van der Waals surface area (Å²) in [6.45, 7) is 3.37. The van der Waals surface area contributed by atoms with Gasteiger partial charge in [0, 0.05) is 26.7 Å². The summed E-state index contributed by atoms with van der Waals surface area (Å²) in [6.07, 6.45) is 11.6. The molecule has 1 saturated heterocycles. The van der Waals surface area contributed by atoms with E-state index in [2.05, 4.69) is 21.3 Å². The number of hydrogen-bond donors (Lipinski definition) is 1. The molecule has 17 heavy (non-hydrogen) atoms. The number of allylic oxidation sites excluding steroid dienone is 1. The molecular formula is C14H25N3. The van der Waals surface area contributed by atoms with Gasteiger partial charge < -0.3 is 10.2 Å². The van der Waals surface area contributed by atoms with Gasteiger partial charge in [0.05, 0.1) is 0 Å². The first kappa shape index (κ1) is 12.5. The monoisotopic (exact) mass is 235 g/mol. The summed E-state index contributed by atoms with van der Waals surface area (Å²) in [7, 11) is 1.89. The predicted molar refractivity (Wildman–Crippen MR) is 73.3 cm³/mol. The summed E-state index contributed by atoms with van der Waals surface area (Å²) in [6, 6.07) is 0. The first-order chi connectivity index (χ1) is 8.40. The highest BCUT2D eigenvalue weighted by molar-refractivity contribution is 5.80. The van der Waals surface area contributed by atoms with Gasteiger partial charge in [-0.15, -0.1) is 0 Å². The third-order valence-electron chi connectivity index (χ3n) is 3.73. The van der Waals surface area contributed by atoms with Gasteiger partial charge in [0.2, 0.25) is 0 Å². The smallest absolute Gasteiger partial charge is 0.193 e. The van der Waals surface area contributed by atoms with Crippen LogP contribution < -0.4 is 5.32 Å². The highest BCUT2D eigenvalue weighted by Gasteiger charge is 2.15. The molecule has 0 radical (unpaired) electrons. The second-order valence-corrected chi connectivity index (χ2v) is 5.03. The van der Waals surface area contributed by atoms with Crippen LogP contribution in [0.2, 0.25) is 0 Å². The lowest BCUT2D eigenvalue weighted by Crippen LogP contribution is -2.40. The number of aliphatic imine (C=N–C) groups is 1. The zero-order valence-corrected chi connectivity index (χ0v) is 11.0. The number of hydrogen-bond acceptors (Lipinski definition) is 1. The van der Waals surface area contributed by atoms with E-state index in [9.17, 15) is 0 Å². The van der Waals surface area contributed by atoms with Crippen molar-refractivity contribution in [3.05, 3.63) is 11.6 Å². The third-order valence-corrected chi connectivity index (χ3v) is 3.73. The fraction of sp³-hybridized carbons (Fsp3) is 0.786. The average Bonchev–Trinajstić information content (AvgIpc) is 2.90. The van der Waals surface area contributed by atoms with Crippen LogP contribution in [-0.2, 0) is 0 Å². The number of rotatable bonds is 3. The van der Waals surface area contributed by atoms with Crippen LogP contribution in [0.3, 0.4) is 0 Å². The van der Waals surface area contributed by atoms with Gasteiger partial charge in [-0.1, -0.05) is 11.6 Å². The molecule has 1 aliphatic carbocycles. The van der Waals surface area contributed by atoms with E-state index in [1.165, 1.54) is 58.0 Å². The second-order valence-electron chi connectivity index (χ2n) is 5.03. The number of nitrogens with one attached hydrogen (secondary N) is 1. The number of nitrogens with zero attached hydrogens (tertiary/aromatic N) is 2. The number of guanidine groups is 1. The molecule has 0 unspecified atom stereocenters. The lowest BCUT2D eigenvalue weighted by atomic mass is 9.97. The van der Waals surface area contributed by atoms with Gasteiger partial charge in [0.15, 0.2) is 5.96 Å². The molecule has 3 heteroatoms. The Hall–Kier alpha value is -0.990. The van der Waals surface area contributed by atoms with Crippen molar-refractivity contribution in [1.29, 1.82) is 0 Å². The fourth-order valence-electron chi connectivity index (χ4n) is 2.73. The van der Waals surface area contributed by atoms with Crippen LogP contribution in [0.15, 0.2) is 16.6 Å². The van der Waals surface area contributed by atoms with Crippen molar-refractivity contribution in [2.75, 3.05) is 26.7 Å². The van der Waals surface area contributed by atoms with Crippen LogP contribution >= 0.6 is 0 Å². The van der Waals surface area contributed by atoms with Gasteiger partial charge in [0.25, 0.3) is 0 Å². The minimum atomic E-state index is 1.04. The van der Waals surface area contributed by atoms with E-state index in [0.29, 0.717) is 0 Å². The van der Waals surface area contributed by atoms with E-state index < -0.39 is 0 Å². The lowest BCUT2D eigenvalue weighted by Gasteiger charge is -2.21. The molecule has 2 rings (SSSR count). The Labute approximate surface area is 105 Å². The van der Waals surface area contributed by atoms with E-state index >= 15 is 0 Å². The Morgan fingerprint density at radius 1 is 1.29 bits per heavy atom. The summed E-state index contributed by atoms with van der Waals surface area (Å²) >= 11 is 0. The van der Waals surface area contributed by atoms with Crippen molar-refractivity contribution in [3.63, 3.8) is 0 Å². The normalized spacial score (nSPS) is 21.6. The van der Waals surface area contributed by atoms with Crippen LogP contribution in [0.25, 0.3) is 0 Å². The molecule has 1 heterocycles. The molecule has 0 spiro atoms. The van der Waals surface area contributed by atoms with E-state index in [-0.39, 0.29) is 0 Å². The summed E-state index contributed by atoms with van der Waals surface area (Å²) in [4.78, 5) is 6.73. The van der Waals surface area contributed by atoms with E-state index in [4.69, 9.17) is 0 Å². The van der Waals surface area contributed by atoms with Crippen LogP contribution in [0.1, 0.15) is 44.9 Å². The molecule has 0 bridgehead atoms. The summed E-state index contributed by atoms with van der Waals surface area (Å²) < 4.78 is 0. The molecule has 3 nitrogen and oxygen atoms in total. The summed E-state index contributed by atoms with van der Waals surface area (Å²) in [5.41, 5.74) is 1.64. The maximum Gasteiger partial charge on any atom is 0.193 e. The minimum absolute atomic E-state index is 1.04. The zero-order chi connectivity index (χ0) is 11.9. The van der Waals surface area contributed by atoms with Gasteiger partial charge in [-0.25, -0.2) is 0 Å². The van der Waals surface area contributed by atoms with E-state index in [0.717, 1.165) is 12.5 Å². The summed E-state index contributed by atoms with van der Waals surface area (Å²) in [5, 5.41) is 3.49. The molecule has 0 aromatic carbocycles. The molecule has 1 aliphatic heterocycles. The Bertz CT molecular complexity index is 288. The zero-order valence-electron chi connectivity index (χ0n) is 11.0. The van der Waals surface area contributed by atoms with Gasteiger partial charge in [-0.05, 0) is 44.9 Å². The predicted octanol–water partition coefficient (Wildman–Crippen LogP) is 2.55. The molecule has 0 aromatic rings. The summed E-state index contributed by atoms with van der Waals surface area (Å²) in [5.74, 6) is 1.10. The molecule has 1 fully saturated rings. The molecule has 2 aliphatic rings. The average molecular weight is 235 g/mol. The highest BCUT2D eigenvalue weighted by atomic mass is 15.3. The molecule has 96 valence electrons. The minimum Gasteiger partial charge on any atom is -0.356 e. The first-order valence-electron chi connectivity index (χ1n) is 7.03. The van der Waals surface area contributed by atoms with Crippen molar-refractivity contribution in [1.82, 2.24) is 10.2 Å². The van der Waals surface area contributed by atoms with Crippen LogP contribution in [0.4, 0.5) is 0 Å². The Morgan fingerprint density at radius 2 is 2.12 bits per heavy atom. The Balaban J connectivity index is 1.71. The molecule has 0 atom stereocenters. The largest absolute Gasteiger partial charge is 0.356 e. The van der Waals surface area contributed by atoms with Gasteiger partial charge in [-0.3, -0.25) is 4.99 Å². The van der Waals surface area contributed by atoms with Crippen LogP contribution in [0.5, 0.6) is 0 Å². The van der Waals surface area contributed by atoms with Gasteiger partial charge in [0.1, 0.15) is 0 Å². The van der Waals surface area contributed by atoms with Crippen molar-refractivity contribution in [2.24, 2.45) is 4.99 Å². The molecule has 0 amide bonds. The highest BCUT2D eigenvalue weighted by Crippen LogP contribution is 2.19. The molecule has 0 saturated carbocycles. The quantitative estimate of drug-likeness (QED) is 0.462. The fourth-order valence-corrected chi connectivity index (χ4v) is 2.73. The maximum atomic E-state index is 4.36. The SMILES string of the molecule is CN=C(NCCC1=CCCCC1)N1CCCC1. The van der Waals surface area contributed by atoms with Crippen molar-refractivity contribution >= 4 is 5.96 Å². The Morgan fingerprint density at radius 3 is 2.76 bits per heavy atom. The standard InChI is InChI=1S/C14H25N3/c1-15-14(17-11-5-6-12-17)16-10-9-13-7-3-2-4-8-13/h7H,2-6,8-12H2,1H3,(H,15,16). The van der Waals surface area contributed by atoms with Crippen molar-refractivity contribution < 1.29 is 0 Å². The van der Waals surface area contributed by atoms with Gasteiger partial charge in [-0.2, -0.15) is 0 Å². The van der Waals surface area contributed by atoms with E-state index in [1.807, 2.05) is 7.05 Å². The van der Waals surface area contributed by atoms with E-state index in [1.54, 1.807) is 5.57 Å². The van der Waals surface area contributed by atoms with Crippen molar-refractivity contribution in [3.8, 4) is 0 Å². The Kier molecular flexibility index (Phi) is 4.89. The van der Waals surface area contributed by atoms with Crippen LogP contribution in [0, 0.1) is 0 Å².